The molecule has 4 rings (SSSR count). The molecule has 2 unspecified atom stereocenters. The number of hydrogen-bond acceptors (Lipinski definition) is 5. The van der Waals surface area contributed by atoms with Crippen LogP contribution in [0.15, 0.2) is 59.6 Å². The molecule has 2 heterocycles. The lowest BCUT2D eigenvalue weighted by atomic mass is 9.98. The number of benzene rings is 2. The minimum Gasteiger partial charge on any atom is -0.481 e. The first-order valence-corrected chi connectivity index (χ1v) is 8.89. The van der Waals surface area contributed by atoms with Crippen LogP contribution < -0.4 is 10.2 Å². The predicted molar refractivity (Wildman–Crippen MR) is 102 cm³/mol. The number of fused-ring (bicyclic) bond motifs is 1. The van der Waals surface area contributed by atoms with Gasteiger partial charge >= 0.3 is 5.97 Å². The number of aliphatic imine (C=N–C) groups is 1. The second kappa shape index (κ2) is 7.17. The average Bonchev–Trinajstić information content (AvgIpc) is 2.69. The summed E-state index contributed by atoms with van der Waals surface area (Å²) in [5.74, 6) is -0.805. The molecule has 1 fully saturated rings. The largest absolute Gasteiger partial charge is 0.481 e. The van der Waals surface area contributed by atoms with Crippen molar-refractivity contribution in [3.63, 3.8) is 0 Å². The summed E-state index contributed by atoms with van der Waals surface area (Å²) in [5.41, 5.74) is 2.96. The number of piperazine rings is 1. The van der Waals surface area contributed by atoms with Gasteiger partial charge < -0.3 is 20.2 Å². The molecule has 2 atom stereocenters. The normalized spacial score (nSPS) is 22.2. The lowest BCUT2D eigenvalue weighted by Crippen LogP contribution is -2.60. The predicted octanol–water partition coefficient (Wildman–Crippen LogP) is 2.61. The number of rotatable bonds is 4. The van der Waals surface area contributed by atoms with Crippen LogP contribution in [0.4, 0.5) is 11.4 Å². The zero-order valence-electron chi connectivity index (χ0n) is 14.5. The molecule has 2 N–H and O–H groups in total. The van der Waals surface area contributed by atoms with Crippen molar-refractivity contribution in [2.75, 3.05) is 24.5 Å². The standard InChI is InChI=1S/C20H22N4O2/c25-20(26)12-18-16-8-4-5-9-17(16)22-14-24(18)19-13-21-10-11-23(19)15-6-2-1-3-7-15/h1-9,14,18-19,21H,10-13H2,(H,25,26). The van der Waals surface area contributed by atoms with Gasteiger partial charge in [-0.2, -0.15) is 0 Å². The molecule has 0 aliphatic carbocycles. The Morgan fingerprint density at radius 1 is 1.15 bits per heavy atom. The number of para-hydroxylation sites is 2. The van der Waals surface area contributed by atoms with E-state index in [2.05, 4.69) is 32.2 Å². The number of carboxylic acid groups (broad SMARTS) is 1. The first-order chi connectivity index (χ1) is 12.7. The van der Waals surface area contributed by atoms with Crippen LogP contribution in [0.3, 0.4) is 0 Å². The molecule has 0 saturated carbocycles. The average molecular weight is 350 g/mol. The number of hydrogen-bond donors (Lipinski definition) is 2. The Morgan fingerprint density at radius 2 is 1.92 bits per heavy atom. The molecule has 2 aromatic rings. The van der Waals surface area contributed by atoms with Crippen LogP contribution in [-0.4, -0.2) is 48.1 Å². The first kappa shape index (κ1) is 16.6. The Labute approximate surface area is 152 Å². The van der Waals surface area contributed by atoms with Gasteiger partial charge in [0.1, 0.15) is 6.17 Å². The fourth-order valence-corrected chi connectivity index (χ4v) is 3.80. The van der Waals surface area contributed by atoms with Gasteiger partial charge in [-0.15, -0.1) is 0 Å². The van der Waals surface area contributed by atoms with E-state index in [9.17, 15) is 9.90 Å². The molecule has 2 aliphatic rings. The molecule has 6 heteroatoms. The van der Waals surface area contributed by atoms with Crippen LogP contribution in [0.25, 0.3) is 0 Å². The third kappa shape index (κ3) is 3.15. The number of nitrogens with zero attached hydrogens (tertiary/aromatic N) is 3. The van der Waals surface area contributed by atoms with E-state index >= 15 is 0 Å². The third-order valence-electron chi connectivity index (χ3n) is 5.00. The van der Waals surface area contributed by atoms with Crippen LogP contribution in [-0.2, 0) is 4.79 Å². The first-order valence-electron chi connectivity index (χ1n) is 8.89. The summed E-state index contributed by atoms with van der Waals surface area (Å²) in [4.78, 5) is 20.6. The van der Waals surface area contributed by atoms with E-state index in [0.717, 1.165) is 36.6 Å². The van der Waals surface area contributed by atoms with Crippen molar-refractivity contribution in [3.05, 3.63) is 60.2 Å². The maximum Gasteiger partial charge on any atom is 0.305 e. The lowest BCUT2D eigenvalue weighted by Gasteiger charge is -2.47. The van der Waals surface area contributed by atoms with E-state index in [1.807, 2.05) is 48.8 Å². The summed E-state index contributed by atoms with van der Waals surface area (Å²) in [5, 5.41) is 12.9. The van der Waals surface area contributed by atoms with E-state index in [1.165, 1.54) is 0 Å². The second-order valence-electron chi connectivity index (χ2n) is 6.58. The molecule has 26 heavy (non-hydrogen) atoms. The number of carbonyl (C=O) groups is 1. The molecule has 2 aromatic carbocycles. The van der Waals surface area contributed by atoms with Gasteiger partial charge in [-0.1, -0.05) is 36.4 Å². The van der Waals surface area contributed by atoms with Crippen molar-refractivity contribution in [1.29, 1.82) is 0 Å². The summed E-state index contributed by atoms with van der Waals surface area (Å²) in [7, 11) is 0. The molecule has 134 valence electrons. The van der Waals surface area contributed by atoms with Crippen molar-refractivity contribution in [1.82, 2.24) is 10.2 Å². The minimum atomic E-state index is -0.805. The van der Waals surface area contributed by atoms with Crippen LogP contribution in [0.1, 0.15) is 18.0 Å². The van der Waals surface area contributed by atoms with E-state index in [-0.39, 0.29) is 18.6 Å². The van der Waals surface area contributed by atoms with Crippen LogP contribution in [0.5, 0.6) is 0 Å². The smallest absolute Gasteiger partial charge is 0.305 e. The summed E-state index contributed by atoms with van der Waals surface area (Å²) in [6.45, 7) is 2.51. The Balaban J connectivity index is 1.71. The Kier molecular flexibility index (Phi) is 4.58. The number of anilines is 1. The van der Waals surface area contributed by atoms with Crippen LogP contribution in [0, 0.1) is 0 Å². The zero-order chi connectivity index (χ0) is 17.9. The molecular weight excluding hydrogens is 328 g/mol. The molecular formula is C20H22N4O2. The van der Waals surface area contributed by atoms with E-state index in [0.29, 0.717) is 0 Å². The van der Waals surface area contributed by atoms with E-state index < -0.39 is 5.97 Å². The highest BCUT2D eigenvalue weighted by molar-refractivity contribution is 5.74. The van der Waals surface area contributed by atoms with E-state index in [1.54, 1.807) is 0 Å². The second-order valence-corrected chi connectivity index (χ2v) is 6.58. The molecule has 0 aromatic heterocycles. The van der Waals surface area contributed by atoms with Gasteiger partial charge in [-0.25, -0.2) is 4.99 Å². The Morgan fingerprint density at radius 3 is 2.73 bits per heavy atom. The van der Waals surface area contributed by atoms with Gasteiger partial charge in [-0.3, -0.25) is 4.79 Å². The molecule has 0 spiro atoms. The lowest BCUT2D eigenvalue weighted by molar-refractivity contribution is -0.138. The molecule has 0 amide bonds. The summed E-state index contributed by atoms with van der Waals surface area (Å²) >= 11 is 0. The monoisotopic (exact) mass is 350 g/mol. The SMILES string of the molecule is O=C(O)CC1c2ccccc2N=CN1C1CNCCN1c1ccccc1. The Bertz CT molecular complexity index is 808. The topological polar surface area (TPSA) is 68.2 Å². The quantitative estimate of drug-likeness (QED) is 0.887. The van der Waals surface area contributed by atoms with Crippen molar-refractivity contribution in [3.8, 4) is 0 Å². The fourth-order valence-electron chi connectivity index (χ4n) is 3.80. The molecule has 0 radical (unpaired) electrons. The minimum absolute atomic E-state index is 0.00704. The van der Waals surface area contributed by atoms with Crippen molar-refractivity contribution >= 4 is 23.7 Å². The van der Waals surface area contributed by atoms with Crippen molar-refractivity contribution in [2.45, 2.75) is 18.6 Å². The van der Waals surface area contributed by atoms with Crippen LogP contribution in [0.2, 0.25) is 0 Å². The summed E-state index contributed by atoms with van der Waals surface area (Å²) in [6.07, 6.45) is 1.86. The van der Waals surface area contributed by atoms with E-state index in [4.69, 9.17) is 0 Å². The van der Waals surface area contributed by atoms with Gasteiger partial charge in [0.25, 0.3) is 0 Å². The maximum absolute atomic E-state index is 11.6. The van der Waals surface area contributed by atoms with Gasteiger partial charge in [0, 0.05) is 30.9 Å². The van der Waals surface area contributed by atoms with Gasteiger partial charge in [0.2, 0.25) is 0 Å². The molecule has 1 saturated heterocycles. The van der Waals surface area contributed by atoms with Crippen molar-refractivity contribution in [2.24, 2.45) is 4.99 Å². The molecule has 2 aliphatic heterocycles. The number of aliphatic carboxylic acids is 1. The molecule has 0 bridgehead atoms. The number of nitrogens with one attached hydrogen (secondary N) is 1. The number of carboxylic acids is 1. The maximum atomic E-state index is 11.6. The summed E-state index contributed by atoms with van der Waals surface area (Å²) in [6, 6.07) is 17.8. The van der Waals surface area contributed by atoms with Gasteiger partial charge in [0.15, 0.2) is 0 Å². The highest BCUT2D eigenvalue weighted by Gasteiger charge is 2.35. The molecule has 6 nitrogen and oxygen atoms in total. The van der Waals surface area contributed by atoms with Crippen LogP contribution >= 0.6 is 0 Å². The van der Waals surface area contributed by atoms with Gasteiger partial charge in [0.05, 0.1) is 24.5 Å². The third-order valence-corrected chi connectivity index (χ3v) is 5.00. The van der Waals surface area contributed by atoms with Gasteiger partial charge in [-0.05, 0) is 18.2 Å². The highest BCUT2D eigenvalue weighted by Crippen LogP contribution is 2.37. The van der Waals surface area contributed by atoms with Crippen molar-refractivity contribution < 1.29 is 9.90 Å². The Hall–Kier alpha value is -2.86. The summed E-state index contributed by atoms with van der Waals surface area (Å²) < 4.78 is 0. The zero-order valence-corrected chi connectivity index (χ0v) is 14.5. The fraction of sp³-hybridized carbons (Fsp3) is 0.300. The highest BCUT2D eigenvalue weighted by atomic mass is 16.4.